The Morgan fingerprint density at radius 2 is 1.73 bits per heavy atom. The summed E-state index contributed by atoms with van der Waals surface area (Å²) in [6, 6.07) is 10.6. The van der Waals surface area contributed by atoms with Gasteiger partial charge in [0.15, 0.2) is 0 Å². The van der Waals surface area contributed by atoms with Gasteiger partial charge >= 0.3 is 0 Å². The zero-order chi connectivity index (χ0) is 15.7. The van der Waals surface area contributed by atoms with E-state index in [0.29, 0.717) is 17.4 Å². The highest BCUT2D eigenvalue weighted by atomic mass is 32.2. The van der Waals surface area contributed by atoms with Crippen molar-refractivity contribution in [1.82, 2.24) is 0 Å². The van der Waals surface area contributed by atoms with Crippen molar-refractivity contribution in [2.75, 3.05) is 6.61 Å². The number of benzene rings is 2. The lowest BCUT2D eigenvalue weighted by Gasteiger charge is -2.09. The van der Waals surface area contributed by atoms with Gasteiger partial charge in [0, 0.05) is 9.79 Å². The summed E-state index contributed by atoms with van der Waals surface area (Å²) in [5.41, 5.74) is 0.475. The minimum atomic E-state index is -0.328. The normalized spacial score (nSPS) is 16.3. The molecule has 1 aliphatic rings. The molecule has 2 nitrogen and oxygen atoms in total. The highest BCUT2D eigenvalue weighted by Crippen LogP contribution is 2.33. The van der Waals surface area contributed by atoms with Gasteiger partial charge in [-0.3, -0.25) is 0 Å². The molecule has 0 aromatic heterocycles. The van der Waals surface area contributed by atoms with Gasteiger partial charge in [0.2, 0.25) is 5.90 Å². The van der Waals surface area contributed by atoms with E-state index >= 15 is 0 Å². The monoisotopic (exact) mass is 319 g/mol. The topological polar surface area (TPSA) is 21.6 Å². The van der Waals surface area contributed by atoms with Crippen molar-refractivity contribution >= 4 is 17.7 Å². The van der Waals surface area contributed by atoms with Crippen LogP contribution in [0.2, 0.25) is 0 Å². The number of nitrogens with zero attached hydrogens (tertiary/aromatic N) is 1. The van der Waals surface area contributed by atoms with Crippen LogP contribution in [0.4, 0.5) is 8.78 Å². The quantitative estimate of drug-likeness (QED) is 0.820. The number of aliphatic imine (C=N–C) groups is 1. The van der Waals surface area contributed by atoms with Crippen LogP contribution in [0.5, 0.6) is 0 Å². The summed E-state index contributed by atoms with van der Waals surface area (Å²) in [5.74, 6) is -0.102. The SMILES string of the molecule is CC1(C)COC(c2ccc(F)cc2Sc2ccc(F)cc2)=N1. The predicted octanol–water partition coefficient (Wildman–Crippen LogP) is 4.67. The highest BCUT2D eigenvalue weighted by Gasteiger charge is 2.28. The summed E-state index contributed by atoms with van der Waals surface area (Å²) < 4.78 is 32.2. The molecule has 1 aliphatic heterocycles. The molecule has 114 valence electrons. The van der Waals surface area contributed by atoms with Gasteiger partial charge < -0.3 is 4.74 Å². The molecule has 0 spiro atoms. The minimum absolute atomic E-state index is 0.276. The third kappa shape index (κ3) is 3.30. The van der Waals surface area contributed by atoms with Gasteiger partial charge in [-0.25, -0.2) is 13.8 Å². The largest absolute Gasteiger partial charge is 0.475 e. The van der Waals surface area contributed by atoms with Crippen LogP contribution in [0.1, 0.15) is 19.4 Å². The molecule has 22 heavy (non-hydrogen) atoms. The van der Waals surface area contributed by atoms with E-state index in [-0.39, 0.29) is 17.2 Å². The smallest absolute Gasteiger partial charge is 0.217 e. The number of halogens is 2. The molecule has 0 atom stereocenters. The fourth-order valence-electron chi connectivity index (χ4n) is 2.11. The third-order valence-corrected chi connectivity index (χ3v) is 4.25. The number of ether oxygens (including phenoxy) is 1. The zero-order valence-corrected chi connectivity index (χ0v) is 13.1. The molecule has 2 aromatic carbocycles. The average molecular weight is 319 g/mol. The Balaban J connectivity index is 1.96. The Labute approximate surface area is 132 Å². The summed E-state index contributed by atoms with van der Waals surface area (Å²) >= 11 is 1.36. The lowest BCUT2D eigenvalue weighted by molar-refractivity contribution is 0.279. The average Bonchev–Trinajstić information content (AvgIpc) is 2.82. The van der Waals surface area contributed by atoms with E-state index < -0.39 is 0 Å². The Morgan fingerprint density at radius 1 is 1.05 bits per heavy atom. The van der Waals surface area contributed by atoms with Crippen LogP contribution >= 0.6 is 11.8 Å². The number of hydrogen-bond donors (Lipinski definition) is 0. The van der Waals surface area contributed by atoms with Gasteiger partial charge in [-0.15, -0.1) is 0 Å². The maximum Gasteiger partial charge on any atom is 0.217 e. The molecule has 0 radical (unpaired) electrons. The first kappa shape index (κ1) is 15.0. The van der Waals surface area contributed by atoms with Gasteiger partial charge in [0.25, 0.3) is 0 Å². The standard InChI is InChI=1S/C17H15F2NOS/c1-17(2)10-21-16(20-17)14-8-5-12(19)9-15(14)22-13-6-3-11(18)4-7-13/h3-9H,10H2,1-2H3. The van der Waals surface area contributed by atoms with E-state index in [4.69, 9.17) is 4.74 Å². The lowest BCUT2D eigenvalue weighted by atomic mass is 10.1. The minimum Gasteiger partial charge on any atom is -0.475 e. The first-order valence-corrected chi connectivity index (χ1v) is 7.71. The van der Waals surface area contributed by atoms with Crippen LogP contribution in [0.3, 0.4) is 0 Å². The van der Waals surface area contributed by atoms with Crippen LogP contribution in [0.25, 0.3) is 0 Å². The molecular weight excluding hydrogens is 304 g/mol. The van der Waals surface area contributed by atoms with Crippen molar-refractivity contribution < 1.29 is 13.5 Å². The lowest BCUT2D eigenvalue weighted by Crippen LogP contribution is -2.17. The van der Waals surface area contributed by atoms with Crippen molar-refractivity contribution in [3.63, 3.8) is 0 Å². The van der Waals surface area contributed by atoms with Gasteiger partial charge in [-0.1, -0.05) is 11.8 Å². The van der Waals surface area contributed by atoms with E-state index in [9.17, 15) is 8.78 Å². The first-order valence-electron chi connectivity index (χ1n) is 6.89. The molecule has 0 saturated carbocycles. The molecule has 1 heterocycles. The Bertz CT molecular complexity index is 726. The molecule has 5 heteroatoms. The van der Waals surface area contributed by atoms with E-state index in [1.54, 1.807) is 18.2 Å². The maximum absolute atomic E-state index is 13.6. The van der Waals surface area contributed by atoms with Crippen molar-refractivity contribution in [2.45, 2.75) is 29.2 Å². The molecule has 2 aromatic rings. The van der Waals surface area contributed by atoms with Gasteiger partial charge in [0.05, 0.1) is 11.1 Å². The molecule has 0 N–H and O–H groups in total. The van der Waals surface area contributed by atoms with E-state index in [2.05, 4.69) is 4.99 Å². The summed E-state index contributed by atoms with van der Waals surface area (Å²) in [5, 5.41) is 0. The van der Waals surface area contributed by atoms with Crippen LogP contribution in [-0.2, 0) is 4.74 Å². The fourth-order valence-corrected chi connectivity index (χ4v) is 3.07. The second-order valence-electron chi connectivity index (χ2n) is 5.71. The third-order valence-electron chi connectivity index (χ3n) is 3.18. The molecule has 0 fully saturated rings. The Kier molecular flexibility index (Phi) is 3.91. The number of hydrogen-bond acceptors (Lipinski definition) is 3. The highest BCUT2D eigenvalue weighted by molar-refractivity contribution is 7.99. The summed E-state index contributed by atoms with van der Waals surface area (Å²) in [6.45, 7) is 4.47. The Morgan fingerprint density at radius 3 is 2.36 bits per heavy atom. The zero-order valence-electron chi connectivity index (χ0n) is 12.3. The van der Waals surface area contributed by atoms with Gasteiger partial charge in [-0.05, 0) is 56.3 Å². The van der Waals surface area contributed by atoms with Crippen molar-refractivity contribution in [2.24, 2.45) is 4.99 Å². The predicted molar refractivity (Wildman–Crippen MR) is 83.5 cm³/mol. The second-order valence-corrected chi connectivity index (χ2v) is 6.83. The van der Waals surface area contributed by atoms with E-state index in [1.165, 1.54) is 36.0 Å². The molecule has 3 rings (SSSR count). The fraction of sp³-hybridized carbons (Fsp3) is 0.235. The summed E-state index contributed by atoms with van der Waals surface area (Å²) in [6.07, 6.45) is 0. The summed E-state index contributed by atoms with van der Waals surface area (Å²) in [4.78, 5) is 6.06. The van der Waals surface area contributed by atoms with Crippen LogP contribution in [-0.4, -0.2) is 18.0 Å². The van der Waals surface area contributed by atoms with Crippen LogP contribution in [0.15, 0.2) is 57.2 Å². The van der Waals surface area contributed by atoms with Gasteiger partial charge in [-0.2, -0.15) is 0 Å². The summed E-state index contributed by atoms with van der Waals surface area (Å²) in [7, 11) is 0. The van der Waals surface area contributed by atoms with Crippen molar-refractivity contribution in [1.29, 1.82) is 0 Å². The molecule has 0 amide bonds. The second kappa shape index (κ2) is 5.72. The van der Waals surface area contributed by atoms with E-state index in [1.807, 2.05) is 13.8 Å². The maximum atomic E-state index is 13.6. The van der Waals surface area contributed by atoms with Gasteiger partial charge in [0.1, 0.15) is 18.2 Å². The molecule has 0 bridgehead atoms. The van der Waals surface area contributed by atoms with Crippen molar-refractivity contribution in [3.8, 4) is 0 Å². The number of rotatable bonds is 3. The van der Waals surface area contributed by atoms with Crippen LogP contribution in [0, 0.1) is 11.6 Å². The first-order chi connectivity index (χ1) is 10.4. The molecular formula is C17H15F2NOS. The molecule has 0 aliphatic carbocycles. The van der Waals surface area contributed by atoms with Crippen molar-refractivity contribution in [3.05, 3.63) is 59.7 Å². The molecule has 0 saturated heterocycles. The van der Waals surface area contributed by atoms with Crippen LogP contribution < -0.4 is 0 Å². The van der Waals surface area contributed by atoms with E-state index in [0.717, 1.165) is 10.5 Å². The Hall–Kier alpha value is -1.88. The molecule has 0 unspecified atom stereocenters.